The van der Waals surface area contributed by atoms with E-state index in [9.17, 15) is 0 Å². The lowest BCUT2D eigenvalue weighted by molar-refractivity contribution is 0.877. The summed E-state index contributed by atoms with van der Waals surface area (Å²) >= 11 is 0. The van der Waals surface area contributed by atoms with E-state index in [-0.39, 0.29) is 12.4 Å². The van der Waals surface area contributed by atoms with Crippen LogP contribution in [0.15, 0.2) is 6.20 Å². The maximum Gasteiger partial charge on any atom is 0.130 e. The van der Waals surface area contributed by atoms with E-state index < -0.39 is 0 Å². The van der Waals surface area contributed by atoms with Crippen molar-refractivity contribution < 1.29 is 0 Å². The quantitative estimate of drug-likeness (QED) is 0.719. The second-order valence-electron chi connectivity index (χ2n) is 3.78. The number of aryl methyl sites for hydroxylation is 1. The van der Waals surface area contributed by atoms with Gasteiger partial charge in [-0.25, -0.2) is 9.97 Å². The van der Waals surface area contributed by atoms with Crippen molar-refractivity contribution in [2.24, 2.45) is 5.73 Å². The molecule has 0 aliphatic carbocycles. The van der Waals surface area contributed by atoms with E-state index in [1.807, 2.05) is 0 Å². The van der Waals surface area contributed by atoms with E-state index in [0.717, 1.165) is 17.0 Å². The molecule has 0 spiro atoms. The summed E-state index contributed by atoms with van der Waals surface area (Å²) in [4.78, 5) is 8.24. The molecule has 0 aliphatic heterocycles. The summed E-state index contributed by atoms with van der Waals surface area (Å²) in [6, 6.07) is 0. The topological polar surface area (TPSA) is 119 Å². The Hall–Kier alpha value is -1.73. The third-order valence-electron chi connectivity index (χ3n) is 2.47. The number of aromatic amines is 1. The number of halogens is 1. The molecule has 2 rings (SSSR count). The first-order valence-corrected chi connectivity index (χ1v) is 5.37. The van der Waals surface area contributed by atoms with E-state index in [4.69, 9.17) is 11.5 Å². The highest BCUT2D eigenvalue weighted by Crippen LogP contribution is 2.14. The summed E-state index contributed by atoms with van der Waals surface area (Å²) in [5.41, 5.74) is 14.0. The summed E-state index contributed by atoms with van der Waals surface area (Å²) in [5.74, 6) is 1.15. The fraction of sp³-hybridized carbons (Fsp3) is 0.400. The zero-order valence-corrected chi connectivity index (χ0v) is 10.9. The van der Waals surface area contributed by atoms with Crippen LogP contribution < -0.4 is 11.5 Å². The molecule has 2 aromatic rings. The van der Waals surface area contributed by atoms with E-state index in [1.165, 1.54) is 0 Å². The Morgan fingerprint density at radius 2 is 2.17 bits per heavy atom. The summed E-state index contributed by atoms with van der Waals surface area (Å²) in [5, 5.41) is 10.6. The largest absolute Gasteiger partial charge is 0.383 e. The number of nitrogens with one attached hydrogen (secondary N) is 1. The SMILES string of the molecule is Cc1ncc(Cc2[nH]nnc2CCN)c(N)n1.Cl. The van der Waals surface area contributed by atoms with Gasteiger partial charge in [0.25, 0.3) is 0 Å². The first-order valence-electron chi connectivity index (χ1n) is 5.37. The standard InChI is InChI=1S/C10H15N7.ClH/c1-6-13-5-7(10(12)14-6)4-9-8(2-3-11)15-17-16-9;/h5H,2-4,11H2,1H3,(H2,12,13,14)(H,15,16,17);1H. The van der Waals surface area contributed by atoms with Crippen LogP contribution >= 0.6 is 12.4 Å². The van der Waals surface area contributed by atoms with Crippen LogP contribution in [0.4, 0.5) is 5.82 Å². The molecule has 0 radical (unpaired) electrons. The molecule has 98 valence electrons. The van der Waals surface area contributed by atoms with E-state index in [1.54, 1.807) is 13.1 Å². The molecule has 2 heterocycles. The Kier molecular flexibility index (Phi) is 4.99. The third kappa shape index (κ3) is 3.14. The van der Waals surface area contributed by atoms with Crippen LogP contribution in [0.3, 0.4) is 0 Å². The molecule has 8 heteroatoms. The van der Waals surface area contributed by atoms with Gasteiger partial charge in [-0.1, -0.05) is 5.21 Å². The molecule has 0 aromatic carbocycles. The van der Waals surface area contributed by atoms with Gasteiger partial charge in [-0.2, -0.15) is 0 Å². The Morgan fingerprint density at radius 1 is 1.39 bits per heavy atom. The minimum atomic E-state index is 0. The molecule has 0 bridgehead atoms. The fourth-order valence-electron chi connectivity index (χ4n) is 1.59. The number of nitrogen functional groups attached to an aromatic ring is 1. The second kappa shape index (κ2) is 6.27. The van der Waals surface area contributed by atoms with Crippen molar-refractivity contribution >= 4 is 18.2 Å². The van der Waals surface area contributed by atoms with Crippen LogP contribution in [0.25, 0.3) is 0 Å². The summed E-state index contributed by atoms with van der Waals surface area (Å²) < 4.78 is 0. The third-order valence-corrected chi connectivity index (χ3v) is 2.47. The van der Waals surface area contributed by atoms with Crippen molar-refractivity contribution in [3.8, 4) is 0 Å². The first-order chi connectivity index (χ1) is 8.20. The van der Waals surface area contributed by atoms with Gasteiger partial charge in [-0.15, -0.1) is 17.5 Å². The molecule has 7 nitrogen and oxygen atoms in total. The number of H-pyrrole nitrogens is 1. The summed E-state index contributed by atoms with van der Waals surface area (Å²) in [7, 11) is 0. The molecular weight excluding hydrogens is 254 g/mol. The second-order valence-corrected chi connectivity index (χ2v) is 3.78. The molecule has 0 saturated heterocycles. The number of nitrogens with zero attached hydrogens (tertiary/aromatic N) is 4. The molecule has 0 aliphatic rings. The van der Waals surface area contributed by atoms with Crippen LogP contribution in [-0.2, 0) is 12.8 Å². The van der Waals surface area contributed by atoms with Crippen molar-refractivity contribution in [2.45, 2.75) is 19.8 Å². The van der Waals surface area contributed by atoms with Gasteiger partial charge in [0, 0.05) is 24.6 Å². The number of anilines is 1. The average molecular weight is 270 g/mol. The summed E-state index contributed by atoms with van der Waals surface area (Å²) in [6.45, 7) is 2.34. The Bertz CT molecular complexity index is 511. The average Bonchev–Trinajstić information content (AvgIpc) is 2.71. The van der Waals surface area contributed by atoms with Gasteiger partial charge < -0.3 is 11.5 Å². The van der Waals surface area contributed by atoms with Crippen molar-refractivity contribution in [2.75, 3.05) is 12.3 Å². The van der Waals surface area contributed by atoms with Crippen LogP contribution in [0, 0.1) is 6.92 Å². The number of rotatable bonds is 4. The molecule has 5 N–H and O–H groups in total. The molecule has 0 atom stereocenters. The number of aromatic nitrogens is 5. The van der Waals surface area contributed by atoms with Gasteiger partial charge in [0.15, 0.2) is 0 Å². The molecule has 0 unspecified atom stereocenters. The molecular formula is C10H16ClN7. The lowest BCUT2D eigenvalue weighted by Gasteiger charge is -2.04. The molecule has 2 aromatic heterocycles. The zero-order chi connectivity index (χ0) is 12.3. The van der Waals surface area contributed by atoms with Crippen LogP contribution in [0.5, 0.6) is 0 Å². The minimum Gasteiger partial charge on any atom is -0.383 e. The highest BCUT2D eigenvalue weighted by molar-refractivity contribution is 5.85. The molecule has 0 saturated carbocycles. The van der Waals surface area contributed by atoms with Gasteiger partial charge >= 0.3 is 0 Å². The molecule has 0 amide bonds. The number of hydrogen-bond acceptors (Lipinski definition) is 6. The highest BCUT2D eigenvalue weighted by atomic mass is 35.5. The Labute approximate surface area is 111 Å². The van der Waals surface area contributed by atoms with Gasteiger partial charge in [0.1, 0.15) is 11.6 Å². The monoisotopic (exact) mass is 269 g/mol. The van der Waals surface area contributed by atoms with E-state index >= 15 is 0 Å². The van der Waals surface area contributed by atoms with E-state index in [2.05, 4.69) is 25.4 Å². The first kappa shape index (κ1) is 14.3. The van der Waals surface area contributed by atoms with Crippen molar-refractivity contribution in [3.05, 3.63) is 29.0 Å². The maximum absolute atomic E-state index is 5.83. The van der Waals surface area contributed by atoms with Crippen LogP contribution in [0.1, 0.15) is 22.8 Å². The predicted octanol–water partition coefficient (Wildman–Crippen LogP) is -0.000880. The lowest BCUT2D eigenvalue weighted by Crippen LogP contribution is -2.07. The Morgan fingerprint density at radius 3 is 2.83 bits per heavy atom. The van der Waals surface area contributed by atoms with Gasteiger partial charge in [0.05, 0.1) is 11.4 Å². The van der Waals surface area contributed by atoms with E-state index in [0.29, 0.717) is 31.0 Å². The van der Waals surface area contributed by atoms with Gasteiger partial charge in [-0.05, 0) is 13.5 Å². The number of nitrogens with two attached hydrogens (primary N) is 2. The lowest BCUT2D eigenvalue weighted by atomic mass is 10.1. The number of hydrogen-bond donors (Lipinski definition) is 3. The minimum absolute atomic E-state index is 0. The predicted molar refractivity (Wildman–Crippen MR) is 70.4 cm³/mol. The van der Waals surface area contributed by atoms with Gasteiger partial charge in [-0.3, -0.25) is 5.10 Å². The van der Waals surface area contributed by atoms with Crippen LogP contribution in [-0.4, -0.2) is 31.9 Å². The zero-order valence-electron chi connectivity index (χ0n) is 10.1. The van der Waals surface area contributed by atoms with Crippen molar-refractivity contribution in [1.29, 1.82) is 0 Å². The highest BCUT2D eigenvalue weighted by Gasteiger charge is 2.10. The smallest absolute Gasteiger partial charge is 0.130 e. The normalized spacial score (nSPS) is 10.1. The molecule has 0 fully saturated rings. The van der Waals surface area contributed by atoms with Crippen molar-refractivity contribution in [1.82, 2.24) is 25.4 Å². The fourth-order valence-corrected chi connectivity index (χ4v) is 1.59. The van der Waals surface area contributed by atoms with Gasteiger partial charge in [0.2, 0.25) is 0 Å². The van der Waals surface area contributed by atoms with Crippen LogP contribution in [0.2, 0.25) is 0 Å². The maximum atomic E-state index is 5.83. The summed E-state index contributed by atoms with van der Waals surface area (Å²) in [6.07, 6.45) is 3.01. The molecule has 18 heavy (non-hydrogen) atoms. The van der Waals surface area contributed by atoms with Crippen molar-refractivity contribution in [3.63, 3.8) is 0 Å². The Balaban J connectivity index is 0.00000162.